The first kappa shape index (κ1) is 19.0. The topological polar surface area (TPSA) is 63.2 Å². The van der Waals surface area contributed by atoms with E-state index < -0.39 is 6.10 Å². The second-order valence-corrected chi connectivity index (χ2v) is 5.76. The summed E-state index contributed by atoms with van der Waals surface area (Å²) >= 11 is 0. The molecule has 6 heteroatoms. The number of methoxy groups -OCH3 is 4. The fraction of sp³-hybridized carbons (Fsp3) is 0.611. The summed E-state index contributed by atoms with van der Waals surface area (Å²) in [4.78, 5) is 12.5. The first-order valence-corrected chi connectivity index (χ1v) is 7.97. The summed E-state index contributed by atoms with van der Waals surface area (Å²) in [6, 6.07) is 9.17. The minimum atomic E-state index is -0.396. The van der Waals surface area contributed by atoms with Crippen molar-refractivity contribution in [2.24, 2.45) is 0 Å². The van der Waals surface area contributed by atoms with Gasteiger partial charge in [-0.05, 0) is 0 Å². The highest BCUT2D eigenvalue weighted by atomic mass is 16.6. The van der Waals surface area contributed by atoms with Gasteiger partial charge in [0.2, 0.25) is 0 Å². The maximum absolute atomic E-state index is 12.5. The van der Waals surface area contributed by atoms with Gasteiger partial charge in [0.1, 0.15) is 24.4 Å². The Labute approximate surface area is 143 Å². The summed E-state index contributed by atoms with van der Waals surface area (Å²) in [6.45, 7) is 0.372. The molecular weight excluding hydrogens is 312 g/mol. The van der Waals surface area contributed by atoms with Gasteiger partial charge in [-0.2, -0.15) is 0 Å². The highest BCUT2D eigenvalue weighted by Crippen LogP contribution is 2.31. The van der Waals surface area contributed by atoms with Gasteiger partial charge in [-0.25, -0.2) is 0 Å². The number of hydrogen-bond donors (Lipinski definition) is 0. The van der Waals surface area contributed by atoms with Crippen LogP contribution in [0.25, 0.3) is 0 Å². The zero-order valence-electron chi connectivity index (χ0n) is 14.6. The van der Waals surface area contributed by atoms with Crippen molar-refractivity contribution >= 4 is 5.78 Å². The standard InChI is InChI=1S/C18H26O6/c1-20-11-15(21-2)17-18(23-4)16(22-3)14(24-17)10-13(19)12-8-6-5-7-9-12/h5-9,14-18H,10-11H2,1-4H3/t14-,15-,16+,17+,18-/m1/s1. The molecule has 0 N–H and O–H groups in total. The van der Waals surface area contributed by atoms with Crippen molar-refractivity contribution in [1.82, 2.24) is 0 Å². The van der Waals surface area contributed by atoms with Gasteiger partial charge in [0, 0.05) is 40.4 Å². The number of rotatable bonds is 9. The SMILES string of the molecule is COC[C@@H](OC)[C@@H]1O[C@H](CC(=O)c2ccccc2)[C@H](OC)[C@H]1OC. The van der Waals surface area contributed by atoms with Crippen LogP contribution in [0.1, 0.15) is 16.8 Å². The van der Waals surface area contributed by atoms with Crippen LogP contribution in [0.3, 0.4) is 0 Å². The van der Waals surface area contributed by atoms with Gasteiger partial charge < -0.3 is 23.7 Å². The lowest BCUT2D eigenvalue weighted by Gasteiger charge is -2.26. The second-order valence-electron chi connectivity index (χ2n) is 5.76. The fourth-order valence-electron chi connectivity index (χ4n) is 3.16. The van der Waals surface area contributed by atoms with E-state index in [4.69, 9.17) is 23.7 Å². The van der Waals surface area contributed by atoms with Gasteiger partial charge >= 0.3 is 0 Å². The number of Topliss-reactive ketones (excluding diaryl/α,β-unsaturated/α-hetero) is 1. The van der Waals surface area contributed by atoms with Crippen molar-refractivity contribution in [1.29, 1.82) is 0 Å². The number of benzene rings is 1. The quantitative estimate of drug-likeness (QED) is 0.639. The average Bonchev–Trinajstić information content (AvgIpc) is 2.97. The summed E-state index contributed by atoms with van der Waals surface area (Å²) in [7, 11) is 6.41. The number of carbonyl (C=O) groups is 1. The Balaban J connectivity index is 2.13. The van der Waals surface area contributed by atoms with Crippen molar-refractivity contribution < 1.29 is 28.5 Å². The minimum absolute atomic E-state index is 0.0128. The Hall–Kier alpha value is -1.31. The Morgan fingerprint density at radius 1 is 1.08 bits per heavy atom. The van der Waals surface area contributed by atoms with E-state index in [2.05, 4.69) is 0 Å². The zero-order chi connectivity index (χ0) is 17.5. The van der Waals surface area contributed by atoms with E-state index in [1.54, 1.807) is 40.6 Å². The highest BCUT2D eigenvalue weighted by molar-refractivity contribution is 5.96. The maximum atomic E-state index is 12.5. The molecule has 0 aliphatic carbocycles. The maximum Gasteiger partial charge on any atom is 0.165 e. The molecule has 6 nitrogen and oxygen atoms in total. The van der Waals surface area contributed by atoms with E-state index >= 15 is 0 Å². The number of hydrogen-bond acceptors (Lipinski definition) is 6. The van der Waals surface area contributed by atoms with Crippen LogP contribution in [0.2, 0.25) is 0 Å². The number of ketones is 1. The first-order chi connectivity index (χ1) is 11.7. The van der Waals surface area contributed by atoms with Crippen LogP contribution in [-0.4, -0.2) is 71.3 Å². The molecule has 0 aromatic heterocycles. The normalized spacial score (nSPS) is 28.0. The molecule has 1 fully saturated rings. The molecule has 0 saturated carbocycles. The average molecular weight is 338 g/mol. The van der Waals surface area contributed by atoms with Crippen LogP contribution in [-0.2, 0) is 23.7 Å². The van der Waals surface area contributed by atoms with E-state index in [9.17, 15) is 4.79 Å². The van der Waals surface area contributed by atoms with Crippen molar-refractivity contribution in [3.63, 3.8) is 0 Å². The van der Waals surface area contributed by atoms with Gasteiger partial charge in [0.05, 0.1) is 12.7 Å². The molecule has 0 radical (unpaired) electrons. The van der Waals surface area contributed by atoms with Crippen LogP contribution in [0.15, 0.2) is 30.3 Å². The Morgan fingerprint density at radius 3 is 2.29 bits per heavy atom. The van der Waals surface area contributed by atoms with Crippen molar-refractivity contribution in [3.8, 4) is 0 Å². The van der Waals surface area contributed by atoms with Crippen LogP contribution >= 0.6 is 0 Å². The molecule has 1 aliphatic heterocycles. The van der Waals surface area contributed by atoms with E-state index in [1.807, 2.05) is 18.2 Å². The third-order valence-electron chi connectivity index (χ3n) is 4.37. The van der Waals surface area contributed by atoms with Gasteiger partial charge in [0.15, 0.2) is 5.78 Å². The van der Waals surface area contributed by atoms with Crippen LogP contribution in [0, 0.1) is 0 Å². The third kappa shape index (κ3) is 4.20. The van der Waals surface area contributed by atoms with Gasteiger partial charge in [0.25, 0.3) is 0 Å². The molecule has 1 aliphatic rings. The number of ether oxygens (including phenoxy) is 5. The summed E-state index contributed by atoms with van der Waals surface area (Å²) in [6.07, 6.45) is -1.51. The molecule has 1 aromatic carbocycles. The van der Waals surface area contributed by atoms with Crippen molar-refractivity contribution in [2.75, 3.05) is 35.0 Å². The molecule has 0 bridgehead atoms. The molecule has 1 heterocycles. The molecule has 1 saturated heterocycles. The second kappa shape index (κ2) is 9.25. The van der Waals surface area contributed by atoms with Crippen molar-refractivity contribution in [3.05, 3.63) is 35.9 Å². The smallest absolute Gasteiger partial charge is 0.165 e. The largest absolute Gasteiger partial charge is 0.382 e. The molecule has 0 spiro atoms. The van der Waals surface area contributed by atoms with Crippen molar-refractivity contribution in [2.45, 2.75) is 36.9 Å². The Kier molecular flexibility index (Phi) is 7.33. The first-order valence-electron chi connectivity index (χ1n) is 7.97. The van der Waals surface area contributed by atoms with Crippen LogP contribution < -0.4 is 0 Å². The molecule has 1 aromatic rings. The lowest BCUT2D eigenvalue weighted by molar-refractivity contribution is -0.109. The monoisotopic (exact) mass is 338 g/mol. The van der Waals surface area contributed by atoms with Crippen LogP contribution in [0.4, 0.5) is 0 Å². The van der Waals surface area contributed by atoms with Gasteiger partial charge in [-0.3, -0.25) is 4.79 Å². The zero-order valence-corrected chi connectivity index (χ0v) is 14.6. The Bertz CT molecular complexity index is 505. The molecule has 5 atom stereocenters. The summed E-state index contributed by atoms with van der Waals surface area (Å²) in [5.41, 5.74) is 0.661. The molecule has 0 unspecified atom stereocenters. The molecule has 2 rings (SSSR count). The number of carbonyl (C=O) groups excluding carboxylic acids is 1. The summed E-state index contributed by atoms with van der Waals surface area (Å²) < 4.78 is 27.9. The van der Waals surface area contributed by atoms with Crippen LogP contribution in [0.5, 0.6) is 0 Å². The summed E-state index contributed by atoms with van der Waals surface area (Å²) in [5.74, 6) is 0.0128. The molecular formula is C18H26O6. The van der Waals surface area contributed by atoms with E-state index in [0.717, 1.165) is 0 Å². The highest BCUT2D eigenvalue weighted by Gasteiger charge is 2.49. The third-order valence-corrected chi connectivity index (χ3v) is 4.37. The van der Waals surface area contributed by atoms with E-state index in [0.29, 0.717) is 12.2 Å². The lowest BCUT2D eigenvalue weighted by Crippen LogP contribution is -2.43. The van der Waals surface area contributed by atoms with E-state index in [-0.39, 0.29) is 36.6 Å². The van der Waals surface area contributed by atoms with Gasteiger partial charge in [-0.1, -0.05) is 30.3 Å². The van der Waals surface area contributed by atoms with Gasteiger partial charge in [-0.15, -0.1) is 0 Å². The lowest BCUT2D eigenvalue weighted by atomic mass is 9.98. The predicted octanol–water partition coefficient (Wildman–Crippen LogP) is 1.72. The molecule has 134 valence electrons. The molecule has 0 amide bonds. The molecule has 24 heavy (non-hydrogen) atoms. The van der Waals surface area contributed by atoms with E-state index in [1.165, 1.54) is 0 Å². The Morgan fingerprint density at radius 2 is 1.75 bits per heavy atom. The summed E-state index contributed by atoms with van der Waals surface area (Å²) in [5, 5.41) is 0. The fourth-order valence-corrected chi connectivity index (χ4v) is 3.16. The predicted molar refractivity (Wildman–Crippen MR) is 88.3 cm³/mol. The minimum Gasteiger partial charge on any atom is -0.382 e.